The van der Waals surface area contributed by atoms with Crippen LogP contribution >= 0.6 is 11.3 Å². The van der Waals surface area contributed by atoms with Crippen molar-refractivity contribution in [3.05, 3.63) is 81.4 Å². The zero-order valence-corrected chi connectivity index (χ0v) is 13.8. The van der Waals surface area contributed by atoms with Gasteiger partial charge in [-0.2, -0.15) is 5.26 Å². The predicted molar refractivity (Wildman–Crippen MR) is 91.9 cm³/mol. The number of aryl methyl sites for hydroxylation is 1. The lowest BCUT2D eigenvalue weighted by Gasteiger charge is -2.20. The van der Waals surface area contributed by atoms with Crippen LogP contribution in [0.2, 0.25) is 0 Å². The summed E-state index contributed by atoms with van der Waals surface area (Å²) in [6, 6.07) is 18.2. The summed E-state index contributed by atoms with van der Waals surface area (Å²) in [7, 11) is 0. The average Bonchev–Trinajstić information content (AvgIpc) is 3.19. The second kappa shape index (κ2) is 7.28. The van der Waals surface area contributed by atoms with E-state index < -0.39 is 0 Å². The quantitative estimate of drug-likeness (QED) is 0.659. The molecule has 23 heavy (non-hydrogen) atoms. The Bertz CT molecular complexity index is 799. The van der Waals surface area contributed by atoms with Gasteiger partial charge >= 0.3 is 0 Å². The van der Waals surface area contributed by atoms with Crippen molar-refractivity contribution in [3.63, 3.8) is 0 Å². The zero-order valence-electron chi connectivity index (χ0n) is 13.0. The lowest BCUT2D eigenvalue weighted by molar-refractivity contribution is 0.229. The van der Waals surface area contributed by atoms with E-state index in [9.17, 15) is 0 Å². The first-order valence-electron chi connectivity index (χ1n) is 7.52. The normalized spacial score (nSPS) is 10.8. The molecule has 4 heteroatoms. The van der Waals surface area contributed by atoms with E-state index >= 15 is 0 Å². The predicted octanol–water partition coefficient (Wildman–Crippen LogP) is 4.72. The second-order valence-corrected chi connectivity index (χ2v) is 6.92. The Labute approximate surface area is 140 Å². The summed E-state index contributed by atoms with van der Waals surface area (Å²) in [5.41, 5.74) is 1.84. The molecule has 3 rings (SSSR count). The monoisotopic (exact) mass is 322 g/mol. The Morgan fingerprint density at radius 3 is 2.70 bits per heavy atom. The van der Waals surface area contributed by atoms with Crippen LogP contribution in [0.4, 0.5) is 0 Å². The van der Waals surface area contributed by atoms with Gasteiger partial charge in [0.2, 0.25) is 0 Å². The van der Waals surface area contributed by atoms with Gasteiger partial charge in [-0.3, -0.25) is 4.90 Å². The first kappa shape index (κ1) is 15.5. The molecule has 2 aromatic heterocycles. The van der Waals surface area contributed by atoms with Crippen molar-refractivity contribution in [3.8, 4) is 6.07 Å². The fourth-order valence-electron chi connectivity index (χ4n) is 2.58. The average molecular weight is 322 g/mol. The highest BCUT2D eigenvalue weighted by atomic mass is 32.1. The van der Waals surface area contributed by atoms with E-state index in [1.807, 2.05) is 41.7 Å². The SMILES string of the molecule is Cc1ccc(CN(Cc2cccc(C#N)c2)Cc2ccco2)s1. The van der Waals surface area contributed by atoms with E-state index in [0.29, 0.717) is 5.56 Å². The number of benzene rings is 1. The number of nitriles is 1. The standard InChI is InChI=1S/C19H18N2OS/c1-15-7-8-19(23-15)14-21(13-18-6-3-9-22-18)12-17-5-2-4-16(10-17)11-20/h2-10H,12-14H2,1H3. The maximum atomic E-state index is 9.06. The summed E-state index contributed by atoms with van der Waals surface area (Å²) < 4.78 is 5.50. The first-order chi connectivity index (χ1) is 11.2. The molecule has 2 heterocycles. The van der Waals surface area contributed by atoms with E-state index in [1.165, 1.54) is 9.75 Å². The largest absolute Gasteiger partial charge is 0.468 e. The topological polar surface area (TPSA) is 40.2 Å². The molecule has 0 amide bonds. The summed E-state index contributed by atoms with van der Waals surface area (Å²) in [6.07, 6.45) is 1.71. The molecular weight excluding hydrogens is 304 g/mol. The van der Waals surface area contributed by atoms with Crippen molar-refractivity contribution in [2.24, 2.45) is 0 Å². The van der Waals surface area contributed by atoms with Crippen molar-refractivity contribution in [2.75, 3.05) is 0 Å². The highest BCUT2D eigenvalue weighted by Crippen LogP contribution is 2.20. The number of nitrogens with zero attached hydrogens (tertiary/aromatic N) is 2. The fourth-order valence-corrected chi connectivity index (χ4v) is 3.51. The van der Waals surface area contributed by atoms with E-state index in [2.05, 4.69) is 36.1 Å². The number of furan rings is 1. The van der Waals surface area contributed by atoms with Crippen LogP contribution in [0.3, 0.4) is 0 Å². The van der Waals surface area contributed by atoms with Gasteiger partial charge in [0.1, 0.15) is 5.76 Å². The van der Waals surface area contributed by atoms with Crippen LogP contribution in [-0.4, -0.2) is 4.90 Å². The molecule has 0 aliphatic heterocycles. The molecule has 0 aliphatic rings. The Morgan fingerprint density at radius 2 is 2.00 bits per heavy atom. The Balaban J connectivity index is 1.77. The van der Waals surface area contributed by atoms with Crippen LogP contribution in [0, 0.1) is 18.3 Å². The van der Waals surface area contributed by atoms with Gasteiger partial charge in [0.15, 0.2) is 0 Å². The Morgan fingerprint density at radius 1 is 1.09 bits per heavy atom. The van der Waals surface area contributed by atoms with Crippen LogP contribution < -0.4 is 0 Å². The van der Waals surface area contributed by atoms with Crippen LogP contribution in [0.1, 0.15) is 26.6 Å². The molecule has 1 aromatic carbocycles. The summed E-state index contributed by atoms with van der Waals surface area (Å²) in [4.78, 5) is 5.00. The van der Waals surface area contributed by atoms with Crippen LogP contribution in [0.25, 0.3) is 0 Å². The van der Waals surface area contributed by atoms with Crippen LogP contribution in [0.5, 0.6) is 0 Å². The van der Waals surface area contributed by atoms with E-state index in [4.69, 9.17) is 9.68 Å². The van der Waals surface area contributed by atoms with E-state index in [0.717, 1.165) is 31.0 Å². The van der Waals surface area contributed by atoms with Gasteiger partial charge in [-0.25, -0.2) is 0 Å². The van der Waals surface area contributed by atoms with Gasteiger partial charge in [-0.1, -0.05) is 12.1 Å². The van der Waals surface area contributed by atoms with Crippen molar-refractivity contribution in [2.45, 2.75) is 26.6 Å². The Hall–Kier alpha value is -2.35. The maximum Gasteiger partial charge on any atom is 0.117 e. The maximum absolute atomic E-state index is 9.06. The highest BCUT2D eigenvalue weighted by molar-refractivity contribution is 7.11. The summed E-state index contributed by atoms with van der Waals surface area (Å²) >= 11 is 1.82. The molecule has 0 radical (unpaired) electrons. The molecule has 0 fully saturated rings. The van der Waals surface area contributed by atoms with Crippen molar-refractivity contribution in [1.29, 1.82) is 5.26 Å². The van der Waals surface area contributed by atoms with Gasteiger partial charge in [-0.05, 0) is 48.9 Å². The Kier molecular flexibility index (Phi) is 4.92. The molecule has 0 spiro atoms. The molecule has 0 unspecified atom stereocenters. The molecule has 0 saturated carbocycles. The van der Waals surface area contributed by atoms with Gasteiger partial charge in [0.05, 0.1) is 24.4 Å². The lowest BCUT2D eigenvalue weighted by atomic mass is 10.1. The second-order valence-electron chi connectivity index (χ2n) is 5.55. The molecule has 3 aromatic rings. The minimum absolute atomic E-state index is 0.701. The smallest absolute Gasteiger partial charge is 0.117 e. The van der Waals surface area contributed by atoms with Gasteiger partial charge < -0.3 is 4.42 Å². The van der Waals surface area contributed by atoms with Crippen LogP contribution in [0.15, 0.2) is 59.2 Å². The highest BCUT2D eigenvalue weighted by Gasteiger charge is 2.11. The molecule has 116 valence electrons. The lowest BCUT2D eigenvalue weighted by Crippen LogP contribution is -2.21. The molecule has 3 nitrogen and oxygen atoms in total. The number of rotatable bonds is 6. The number of hydrogen-bond donors (Lipinski definition) is 0. The number of thiophene rings is 1. The van der Waals surface area contributed by atoms with Crippen molar-refractivity contribution in [1.82, 2.24) is 4.90 Å². The van der Waals surface area contributed by atoms with Gasteiger partial charge in [0, 0.05) is 22.8 Å². The summed E-state index contributed by atoms with van der Waals surface area (Å²) in [6.45, 7) is 4.53. The third kappa shape index (κ3) is 4.32. The van der Waals surface area contributed by atoms with E-state index in [-0.39, 0.29) is 0 Å². The van der Waals surface area contributed by atoms with Crippen molar-refractivity contribution >= 4 is 11.3 Å². The molecule has 0 aliphatic carbocycles. The minimum Gasteiger partial charge on any atom is -0.468 e. The van der Waals surface area contributed by atoms with Gasteiger partial charge in [0.25, 0.3) is 0 Å². The van der Waals surface area contributed by atoms with Crippen molar-refractivity contribution < 1.29 is 4.42 Å². The third-order valence-electron chi connectivity index (χ3n) is 3.60. The first-order valence-corrected chi connectivity index (χ1v) is 8.33. The summed E-state index contributed by atoms with van der Waals surface area (Å²) in [5, 5.41) is 9.06. The van der Waals surface area contributed by atoms with Crippen LogP contribution in [-0.2, 0) is 19.6 Å². The molecule has 0 N–H and O–H groups in total. The van der Waals surface area contributed by atoms with Gasteiger partial charge in [-0.15, -0.1) is 11.3 Å². The molecule has 0 atom stereocenters. The fraction of sp³-hybridized carbons (Fsp3) is 0.211. The summed E-state index contributed by atoms with van der Waals surface area (Å²) in [5.74, 6) is 0.953. The van der Waals surface area contributed by atoms with E-state index in [1.54, 1.807) is 6.26 Å². The molecule has 0 bridgehead atoms. The molecule has 0 saturated heterocycles. The minimum atomic E-state index is 0.701. The third-order valence-corrected chi connectivity index (χ3v) is 4.58. The molecular formula is C19H18N2OS. The number of hydrogen-bond acceptors (Lipinski definition) is 4. The zero-order chi connectivity index (χ0) is 16.1.